The number of para-hydroxylation sites is 2. The molecule has 7 aromatic carbocycles. The molecule has 0 saturated heterocycles. The van der Waals surface area contributed by atoms with Crippen LogP contribution in [0.4, 0.5) is 0 Å². The highest BCUT2D eigenvalue weighted by atomic mass is 16.3. The van der Waals surface area contributed by atoms with Gasteiger partial charge in [0.2, 0.25) is 0 Å². The van der Waals surface area contributed by atoms with Crippen molar-refractivity contribution in [1.29, 1.82) is 0 Å². The van der Waals surface area contributed by atoms with Crippen molar-refractivity contribution in [2.75, 3.05) is 0 Å². The minimum Gasteiger partial charge on any atom is -0.455 e. The molecule has 0 spiro atoms. The molecule has 1 aliphatic carbocycles. The van der Waals surface area contributed by atoms with Gasteiger partial charge in [-0.3, -0.25) is 4.40 Å². The zero-order chi connectivity index (χ0) is 33.5. The average molecular weight is 652 g/mol. The number of fused-ring (bicyclic) bond motifs is 9. The molecule has 1 aliphatic rings. The Labute approximate surface area is 293 Å². The summed E-state index contributed by atoms with van der Waals surface area (Å²) in [5.74, 6) is 0.821. The van der Waals surface area contributed by atoms with Crippen LogP contribution in [0.15, 0.2) is 180 Å². The first kappa shape index (κ1) is 28.1. The molecule has 238 valence electrons. The third-order valence-electron chi connectivity index (χ3n) is 10.8. The Kier molecular flexibility index (Phi) is 5.84. The molecule has 0 aliphatic heterocycles. The fourth-order valence-electron chi connectivity index (χ4n) is 8.58. The molecule has 0 bridgehead atoms. The zero-order valence-electron chi connectivity index (χ0n) is 27.5. The second kappa shape index (κ2) is 10.6. The molecule has 11 rings (SSSR count). The van der Waals surface area contributed by atoms with Crippen molar-refractivity contribution in [1.82, 2.24) is 14.6 Å². The Morgan fingerprint density at radius 3 is 1.86 bits per heavy atom. The Hall–Kier alpha value is -6.78. The molecule has 3 heterocycles. The third-order valence-corrected chi connectivity index (χ3v) is 10.8. The maximum atomic E-state index is 6.54. The molecule has 10 aromatic rings. The number of hydrogen-bond donors (Lipinski definition) is 0. The number of pyridine rings is 1. The Morgan fingerprint density at radius 1 is 0.471 bits per heavy atom. The first-order chi connectivity index (χ1) is 25.3. The Bertz CT molecular complexity index is 2930. The van der Waals surface area contributed by atoms with Crippen LogP contribution < -0.4 is 0 Å². The van der Waals surface area contributed by atoms with Crippen LogP contribution in [-0.4, -0.2) is 14.6 Å². The molecule has 4 nitrogen and oxygen atoms in total. The van der Waals surface area contributed by atoms with E-state index < -0.39 is 5.41 Å². The van der Waals surface area contributed by atoms with Crippen molar-refractivity contribution >= 4 is 38.4 Å². The van der Waals surface area contributed by atoms with Gasteiger partial charge in [-0.2, -0.15) is 0 Å². The molecule has 4 heteroatoms. The Balaban J connectivity index is 1.19. The van der Waals surface area contributed by atoms with Gasteiger partial charge in [-0.15, -0.1) is 10.2 Å². The third kappa shape index (κ3) is 3.90. The number of nitrogens with zero attached hydrogens (tertiary/aromatic N) is 3. The molecule has 0 atom stereocenters. The first-order valence-electron chi connectivity index (χ1n) is 17.3. The van der Waals surface area contributed by atoms with Crippen molar-refractivity contribution in [2.45, 2.75) is 5.41 Å². The van der Waals surface area contributed by atoms with Gasteiger partial charge in [-0.1, -0.05) is 146 Å². The van der Waals surface area contributed by atoms with Gasteiger partial charge in [0, 0.05) is 33.5 Å². The van der Waals surface area contributed by atoms with Gasteiger partial charge >= 0.3 is 0 Å². The van der Waals surface area contributed by atoms with E-state index >= 15 is 0 Å². The number of rotatable bonds is 4. The lowest BCUT2D eigenvalue weighted by atomic mass is 9.67. The fraction of sp³-hybridized carbons (Fsp3) is 0.0213. The Morgan fingerprint density at radius 2 is 1.10 bits per heavy atom. The summed E-state index contributed by atoms with van der Waals surface area (Å²) in [5, 5.41) is 14.0. The minimum absolute atomic E-state index is 0.589. The van der Waals surface area contributed by atoms with Crippen molar-refractivity contribution in [3.8, 4) is 33.6 Å². The smallest absolute Gasteiger partial charge is 0.168 e. The summed E-state index contributed by atoms with van der Waals surface area (Å²) in [4.78, 5) is 0. The summed E-state index contributed by atoms with van der Waals surface area (Å²) in [6.07, 6.45) is 2.08. The normalized spacial score (nSPS) is 13.3. The summed E-state index contributed by atoms with van der Waals surface area (Å²) < 4.78 is 8.66. The highest BCUT2D eigenvalue weighted by Gasteiger charge is 2.46. The second-order valence-electron chi connectivity index (χ2n) is 13.4. The highest BCUT2D eigenvalue weighted by Crippen LogP contribution is 2.57. The van der Waals surface area contributed by atoms with Crippen LogP contribution in [0.5, 0.6) is 0 Å². The lowest BCUT2D eigenvalue weighted by molar-refractivity contribution is 0.670. The monoisotopic (exact) mass is 651 g/mol. The van der Waals surface area contributed by atoms with E-state index in [-0.39, 0.29) is 0 Å². The van der Waals surface area contributed by atoms with Crippen LogP contribution in [0.2, 0.25) is 0 Å². The molecule has 0 amide bonds. The van der Waals surface area contributed by atoms with E-state index in [1.165, 1.54) is 33.4 Å². The van der Waals surface area contributed by atoms with E-state index in [4.69, 9.17) is 14.6 Å². The van der Waals surface area contributed by atoms with E-state index in [1.807, 2.05) is 12.1 Å². The average Bonchev–Trinajstić information content (AvgIpc) is 3.89. The van der Waals surface area contributed by atoms with E-state index in [9.17, 15) is 0 Å². The number of furan rings is 1. The molecular formula is C47H29N3O. The predicted molar refractivity (Wildman–Crippen MR) is 206 cm³/mol. The molecule has 0 radical (unpaired) electrons. The van der Waals surface area contributed by atoms with Crippen molar-refractivity contribution in [3.63, 3.8) is 0 Å². The van der Waals surface area contributed by atoms with Gasteiger partial charge in [0.15, 0.2) is 11.5 Å². The van der Waals surface area contributed by atoms with Crippen molar-refractivity contribution in [2.24, 2.45) is 0 Å². The molecule has 0 saturated carbocycles. The van der Waals surface area contributed by atoms with Crippen LogP contribution in [-0.2, 0) is 5.41 Å². The molecular weight excluding hydrogens is 623 g/mol. The summed E-state index contributed by atoms with van der Waals surface area (Å²) in [6, 6.07) is 60.9. The lowest BCUT2D eigenvalue weighted by Crippen LogP contribution is -2.28. The number of aromatic nitrogens is 3. The fourth-order valence-corrected chi connectivity index (χ4v) is 8.58. The largest absolute Gasteiger partial charge is 0.455 e. The van der Waals surface area contributed by atoms with Gasteiger partial charge in [0.05, 0.1) is 5.41 Å². The maximum Gasteiger partial charge on any atom is 0.168 e. The second-order valence-corrected chi connectivity index (χ2v) is 13.4. The van der Waals surface area contributed by atoms with Crippen LogP contribution >= 0.6 is 0 Å². The van der Waals surface area contributed by atoms with E-state index in [1.54, 1.807) is 0 Å². The van der Waals surface area contributed by atoms with Gasteiger partial charge in [0.25, 0.3) is 0 Å². The summed E-state index contributed by atoms with van der Waals surface area (Å²) in [6.45, 7) is 0. The SMILES string of the molecule is c1ccc(C2(c3ccccc3)c3cc(-c4cccc5c4oc4ccccc45)ccc3-c3ccc(-c4nnc5c6ccccc6ccn45)cc32)cc1. The highest BCUT2D eigenvalue weighted by molar-refractivity contribution is 6.09. The molecule has 0 unspecified atom stereocenters. The summed E-state index contributed by atoms with van der Waals surface area (Å²) in [7, 11) is 0. The van der Waals surface area contributed by atoms with Crippen LogP contribution in [0, 0.1) is 0 Å². The summed E-state index contributed by atoms with van der Waals surface area (Å²) in [5.41, 5.74) is 12.6. The van der Waals surface area contributed by atoms with E-state index in [0.717, 1.165) is 60.9 Å². The van der Waals surface area contributed by atoms with Gasteiger partial charge < -0.3 is 4.42 Å². The minimum atomic E-state index is -0.589. The quantitative estimate of drug-likeness (QED) is 0.190. The predicted octanol–water partition coefficient (Wildman–Crippen LogP) is 11.5. The van der Waals surface area contributed by atoms with Crippen LogP contribution in [0.1, 0.15) is 22.3 Å². The molecule has 51 heavy (non-hydrogen) atoms. The molecule has 0 N–H and O–H groups in total. The van der Waals surface area contributed by atoms with Gasteiger partial charge in [-0.05, 0) is 68.6 Å². The van der Waals surface area contributed by atoms with Crippen molar-refractivity contribution in [3.05, 3.63) is 198 Å². The molecule has 3 aromatic heterocycles. The van der Waals surface area contributed by atoms with Gasteiger partial charge in [0.1, 0.15) is 11.2 Å². The summed E-state index contributed by atoms with van der Waals surface area (Å²) >= 11 is 0. The lowest BCUT2D eigenvalue weighted by Gasteiger charge is -2.34. The maximum absolute atomic E-state index is 6.54. The van der Waals surface area contributed by atoms with Crippen LogP contribution in [0.3, 0.4) is 0 Å². The topological polar surface area (TPSA) is 43.3 Å². The van der Waals surface area contributed by atoms with Crippen LogP contribution in [0.25, 0.3) is 72.0 Å². The van der Waals surface area contributed by atoms with Crippen molar-refractivity contribution < 1.29 is 4.42 Å². The number of hydrogen-bond acceptors (Lipinski definition) is 3. The zero-order valence-corrected chi connectivity index (χ0v) is 27.5. The standard InChI is InChI=1S/C47H29N3O/c1-3-13-33(14-4-1)47(34-15-5-2-6-16-34)41-28-31(35-19-11-20-40-39-18-9-10-21-43(39)51-44(35)40)22-24-37(41)38-25-23-32(29-42(38)47)45-48-49-46-36-17-8-7-12-30(36)26-27-50(45)46/h1-29H. The van der Waals surface area contributed by atoms with E-state index in [0.29, 0.717) is 0 Å². The number of benzene rings is 7. The van der Waals surface area contributed by atoms with Gasteiger partial charge in [-0.25, -0.2) is 0 Å². The molecule has 0 fully saturated rings. The van der Waals surface area contributed by atoms with E-state index in [2.05, 4.69) is 168 Å². The first-order valence-corrected chi connectivity index (χ1v) is 17.3.